The van der Waals surface area contributed by atoms with E-state index in [1.165, 1.54) is 0 Å². The zero-order valence-corrected chi connectivity index (χ0v) is 11.2. The first-order chi connectivity index (χ1) is 8.43. The minimum absolute atomic E-state index is 0.00120. The van der Waals surface area contributed by atoms with Gasteiger partial charge >= 0.3 is 0 Å². The van der Waals surface area contributed by atoms with Gasteiger partial charge in [0.15, 0.2) is 0 Å². The number of ether oxygens (including phenoxy) is 2. The van der Waals surface area contributed by atoms with Crippen molar-refractivity contribution in [2.45, 2.75) is 62.8 Å². The number of fused-ring (bicyclic) bond motifs is 2. The number of rotatable bonds is 0. The van der Waals surface area contributed by atoms with Crippen LogP contribution in [-0.4, -0.2) is 83.1 Å². The summed E-state index contributed by atoms with van der Waals surface area (Å²) in [5, 5.41) is 20.3. The number of nitrogens with zero attached hydrogens (tertiary/aromatic N) is 2. The molecule has 0 radical (unpaired) electrons. The minimum atomic E-state index is -0.553. The molecule has 3 aliphatic heterocycles. The highest BCUT2D eigenvalue weighted by molar-refractivity contribution is 5.03. The summed E-state index contributed by atoms with van der Waals surface area (Å²) in [7, 11) is 3.83. The Balaban J connectivity index is 1.85. The van der Waals surface area contributed by atoms with Crippen LogP contribution in [0.3, 0.4) is 0 Å². The van der Waals surface area contributed by atoms with Crippen molar-refractivity contribution in [3.05, 3.63) is 0 Å². The lowest BCUT2D eigenvalue weighted by molar-refractivity contribution is -0.269. The smallest absolute Gasteiger partial charge is 0.140 e. The molecule has 104 valence electrons. The van der Waals surface area contributed by atoms with E-state index in [1.807, 2.05) is 37.7 Å². The third kappa shape index (κ3) is 1.51. The molecule has 0 saturated carbocycles. The molecule has 18 heavy (non-hydrogen) atoms. The van der Waals surface area contributed by atoms with E-state index in [-0.39, 0.29) is 36.7 Å². The van der Waals surface area contributed by atoms with Gasteiger partial charge in [-0.25, -0.2) is 0 Å². The molecular weight excluding hydrogens is 236 g/mol. The van der Waals surface area contributed by atoms with E-state index in [0.29, 0.717) is 0 Å². The Morgan fingerprint density at radius 3 is 1.44 bits per heavy atom. The zero-order chi connectivity index (χ0) is 13.2. The van der Waals surface area contributed by atoms with Crippen LogP contribution in [0.25, 0.3) is 0 Å². The van der Waals surface area contributed by atoms with E-state index < -0.39 is 12.2 Å². The molecule has 0 aliphatic carbocycles. The number of aliphatic hydroxyl groups is 2. The number of aliphatic hydroxyl groups excluding tert-OH is 2. The molecule has 0 bridgehead atoms. The largest absolute Gasteiger partial charge is 0.389 e. The summed E-state index contributed by atoms with van der Waals surface area (Å²) < 4.78 is 12.0. The lowest BCUT2D eigenvalue weighted by Crippen LogP contribution is -2.55. The Hall–Kier alpha value is -0.240. The van der Waals surface area contributed by atoms with Crippen LogP contribution in [-0.2, 0) is 9.47 Å². The van der Waals surface area contributed by atoms with Gasteiger partial charge in [-0.1, -0.05) is 0 Å². The molecule has 3 saturated heterocycles. The van der Waals surface area contributed by atoms with Crippen LogP contribution < -0.4 is 0 Å². The Bertz CT molecular complexity index is 282. The molecule has 0 unspecified atom stereocenters. The van der Waals surface area contributed by atoms with Gasteiger partial charge in [-0.05, 0) is 27.9 Å². The summed E-state index contributed by atoms with van der Waals surface area (Å²) >= 11 is 0. The topological polar surface area (TPSA) is 65.4 Å². The molecule has 3 rings (SSSR count). The van der Waals surface area contributed by atoms with Gasteiger partial charge in [0, 0.05) is 12.1 Å². The van der Waals surface area contributed by atoms with Gasteiger partial charge in [-0.15, -0.1) is 0 Å². The Morgan fingerprint density at radius 2 is 1.11 bits per heavy atom. The average Bonchev–Trinajstić information content (AvgIpc) is 2.71. The Labute approximate surface area is 107 Å². The first-order valence-electron chi connectivity index (χ1n) is 6.54. The fraction of sp³-hybridized carbons (Fsp3) is 1.00. The molecular formula is C12H22N2O4. The maximum absolute atomic E-state index is 10.2. The maximum Gasteiger partial charge on any atom is 0.140 e. The summed E-state index contributed by atoms with van der Waals surface area (Å²) in [5.41, 5.74) is 0. The molecule has 0 aromatic heterocycles. The number of likely N-dealkylation sites (tertiary alicyclic amines) is 2. The van der Waals surface area contributed by atoms with E-state index in [4.69, 9.17) is 9.47 Å². The van der Waals surface area contributed by atoms with Crippen LogP contribution in [0.2, 0.25) is 0 Å². The van der Waals surface area contributed by atoms with Crippen molar-refractivity contribution in [1.82, 2.24) is 9.80 Å². The van der Waals surface area contributed by atoms with Gasteiger partial charge < -0.3 is 19.7 Å². The van der Waals surface area contributed by atoms with Crippen LogP contribution >= 0.6 is 0 Å². The number of likely N-dealkylation sites (N-methyl/N-ethyl adjacent to an activating group) is 2. The summed E-state index contributed by atoms with van der Waals surface area (Å²) in [6.07, 6.45) is -2.34. The number of hydrogen-bond acceptors (Lipinski definition) is 6. The molecule has 8 atom stereocenters. The van der Waals surface area contributed by atoms with E-state index in [1.54, 1.807) is 0 Å². The first-order valence-corrected chi connectivity index (χ1v) is 6.54. The zero-order valence-electron chi connectivity index (χ0n) is 11.2. The van der Waals surface area contributed by atoms with E-state index in [0.717, 1.165) is 0 Å². The Morgan fingerprint density at radius 1 is 0.778 bits per heavy atom. The third-order valence-electron chi connectivity index (χ3n) is 4.90. The van der Waals surface area contributed by atoms with Crippen molar-refractivity contribution in [2.24, 2.45) is 0 Å². The summed E-state index contributed by atoms with van der Waals surface area (Å²) in [6, 6.07) is -0.00241. The summed E-state index contributed by atoms with van der Waals surface area (Å²) in [4.78, 5) is 3.95. The normalized spacial score (nSPS) is 57.7. The summed E-state index contributed by atoms with van der Waals surface area (Å²) in [6.45, 7) is 3.91. The third-order valence-corrected chi connectivity index (χ3v) is 4.90. The molecule has 0 spiro atoms. The van der Waals surface area contributed by atoms with Gasteiger partial charge in [-0.2, -0.15) is 0 Å². The molecule has 0 aromatic carbocycles. The average molecular weight is 258 g/mol. The van der Waals surface area contributed by atoms with Gasteiger partial charge in [0.2, 0.25) is 0 Å². The quantitative estimate of drug-likeness (QED) is 0.570. The molecule has 3 heterocycles. The second-order valence-corrected chi connectivity index (χ2v) is 5.78. The first kappa shape index (κ1) is 12.8. The highest BCUT2D eigenvalue weighted by atomic mass is 16.6. The molecule has 6 heteroatoms. The van der Waals surface area contributed by atoms with Crippen LogP contribution in [0, 0.1) is 0 Å². The van der Waals surface area contributed by atoms with E-state index >= 15 is 0 Å². The van der Waals surface area contributed by atoms with Crippen LogP contribution in [0.5, 0.6) is 0 Å². The lowest BCUT2D eigenvalue weighted by atomic mass is 10.1. The van der Waals surface area contributed by atoms with Crippen molar-refractivity contribution in [2.75, 3.05) is 14.1 Å². The van der Waals surface area contributed by atoms with Crippen molar-refractivity contribution in [3.63, 3.8) is 0 Å². The van der Waals surface area contributed by atoms with Crippen molar-refractivity contribution in [3.8, 4) is 0 Å². The van der Waals surface area contributed by atoms with Crippen molar-refractivity contribution < 1.29 is 19.7 Å². The molecule has 3 aliphatic rings. The molecule has 0 aromatic rings. The Kier molecular flexibility index (Phi) is 2.93. The predicted octanol–water partition coefficient (Wildman–Crippen LogP) is -1.19. The van der Waals surface area contributed by atoms with Crippen LogP contribution in [0.4, 0.5) is 0 Å². The molecule has 6 nitrogen and oxygen atoms in total. The fourth-order valence-corrected chi connectivity index (χ4v) is 3.26. The van der Waals surface area contributed by atoms with Crippen molar-refractivity contribution in [1.29, 1.82) is 0 Å². The molecule has 0 amide bonds. The van der Waals surface area contributed by atoms with Gasteiger partial charge in [0.1, 0.15) is 24.7 Å². The van der Waals surface area contributed by atoms with Gasteiger partial charge in [0.25, 0.3) is 0 Å². The number of hydrogen-bond donors (Lipinski definition) is 2. The van der Waals surface area contributed by atoms with Crippen molar-refractivity contribution >= 4 is 0 Å². The second-order valence-electron chi connectivity index (χ2n) is 5.78. The molecule has 2 N–H and O–H groups in total. The van der Waals surface area contributed by atoms with Crippen LogP contribution in [0.1, 0.15) is 13.8 Å². The molecule has 3 fully saturated rings. The van der Waals surface area contributed by atoms with Gasteiger partial charge in [-0.3, -0.25) is 9.80 Å². The monoisotopic (exact) mass is 258 g/mol. The van der Waals surface area contributed by atoms with E-state index in [2.05, 4.69) is 0 Å². The van der Waals surface area contributed by atoms with E-state index in [9.17, 15) is 10.2 Å². The SMILES string of the molecule is C[C@@H]1[C@H](O)[C@H]2O[C@@H]3[C@H](O[C@H]2N1C)[C@@H](O)[C@@H](C)N3C. The lowest BCUT2D eigenvalue weighted by Gasteiger charge is -2.39. The standard InChI is InChI=1S/C12H22N2O4/c1-5-7(15)9-11(13(5)3)18-10-8(16)6(2)14(4)12(10)17-9/h5-12,15-16H,1-4H3/t5-,6-,7+,8+,9-,10-,11-,12-/m1/s1. The minimum Gasteiger partial charge on any atom is -0.389 e. The summed E-state index contributed by atoms with van der Waals surface area (Å²) in [5.74, 6) is 0. The van der Waals surface area contributed by atoms with Gasteiger partial charge in [0.05, 0.1) is 12.2 Å². The van der Waals surface area contributed by atoms with Crippen LogP contribution in [0.15, 0.2) is 0 Å². The fourth-order valence-electron chi connectivity index (χ4n) is 3.26. The predicted molar refractivity (Wildman–Crippen MR) is 63.8 cm³/mol. The highest BCUT2D eigenvalue weighted by Gasteiger charge is 2.58. The highest BCUT2D eigenvalue weighted by Crippen LogP contribution is 2.39. The second kappa shape index (κ2) is 4.13. The maximum atomic E-state index is 10.2.